The lowest BCUT2D eigenvalue weighted by molar-refractivity contribution is -0.114. The molecule has 0 spiro atoms. The van der Waals surface area contributed by atoms with Crippen LogP contribution in [0.3, 0.4) is 0 Å². The van der Waals surface area contributed by atoms with Crippen LogP contribution in [-0.2, 0) is 16.0 Å². The number of nitrogens with zero attached hydrogens (tertiary/aromatic N) is 2. The van der Waals surface area contributed by atoms with Gasteiger partial charge >= 0.3 is 0 Å². The van der Waals surface area contributed by atoms with Gasteiger partial charge in [-0.25, -0.2) is 0 Å². The number of nitrogens with one attached hydrogen (secondary N) is 2. The van der Waals surface area contributed by atoms with Gasteiger partial charge in [-0.3, -0.25) is 14.9 Å². The van der Waals surface area contributed by atoms with E-state index in [0.29, 0.717) is 5.13 Å². The Balaban J connectivity index is 1.69. The second-order valence-electron chi connectivity index (χ2n) is 5.74. The molecule has 0 unspecified atom stereocenters. The second-order valence-corrected chi connectivity index (χ2v) is 7.73. The van der Waals surface area contributed by atoms with Crippen LogP contribution in [-0.4, -0.2) is 33.5 Å². The van der Waals surface area contributed by atoms with E-state index in [2.05, 4.69) is 27.8 Å². The fourth-order valence-electron chi connectivity index (χ4n) is 1.93. The van der Waals surface area contributed by atoms with Gasteiger partial charge in [0.25, 0.3) is 0 Å². The zero-order valence-electron chi connectivity index (χ0n) is 14.5. The third-order valence-corrected chi connectivity index (χ3v) is 5.37. The van der Waals surface area contributed by atoms with Crippen molar-refractivity contribution in [3.63, 3.8) is 0 Å². The Morgan fingerprint density at radius 1 is 1.08 bits per heavy atom. The van der Waals surface area contributed by atoms with Crippen LogP contribution < -0.4 is 10.6 Å². The van der Waals surface area contributed by atoms with Gasteiger partial charge in [0.2, 0.25) is 16.9 Å². The Morgan fingerprint density at radius 3 is 2.28 bits per heavy atom. The first-order valence-corrected chi connectivity index (χ1v) is 10.0. The lowest BCUT2D eigenvalue weighted by Gasteiger charge is -2.06. The predicted octanol–water partition coefficient (Wildman–Crippen LogP) is 3.53. The maximum Gasteiger partial charge on any atom is 0.236 e. The minimum atomic E-state index is -0.184. The summed E-state index contributed by atoms with van der Waals surface area (Å²) in [4.78, 5) is 23.8. The number of hydrogen-bond donors (Lipinski definition) is 2. The second kappa shape index (κ2) is 9.53. The number of carbonyl (C=O) groups is 2. The van der Waals surface area contributed by atoms with E-state index >= 15 is 0 Å². The summed E-state index contributed by atoms with van der Waals surface area (Å²) >= 11 is 2.63. The number of aromatic nitrogens is 2. The number of amides is 2. The number of benzene rings is 1. The first-order chi connectivity index (χ1) is 12.0. The maximum atomic E-state index is 11.9. The highest BCUT2D eigenvalue weighted by Gasteiger charge is 2.11. The molecule has 1 aromatic carbocycles. The molecular weight excluding hydrogens is 356 g/mol. The van der Waals surface area contributed by atoms with Crippen molar-refractivity contribution in [2.75, 3.05) is 22.1 Å². The highest BCUT2D eigenvalue weighted by atomic mass is 32.2. The number of hydrogen-bond acceptors (Lipinski definition) is 6. The van der Waals surface area contributed by atoms with Gasteiger partial charge in [-0.2, -0.15) is 0 Å². The van der Waals surface area contributed by atoms with Gasteiger partial charge in [-0.1, -0.05) is 44.2 Å². The SMILES string of the molecule is CCc1ccc(NC(=O)CSCC(=O)Nc2nnc(C(C)C)s2)cc1. The van der Waals surface area contributed by atoms with Crippen LogP contribution in [0.2, 0.25) is 0 Å². The number of thioether (sulfide) groups is 1. The molecule has 0 fully saturated rings. The molecule has 0 aliphatic heterocycles. The molecule has 2 N–H and O–H groups in total. The van der Waals surface area contributed by atoms with Crippen LogP contribution in [0.15, 0.2) is 24.3 Å². The quantitative estimate of drug-likeness (QED) is 0.734. The Kier molecular flexibility index (Phi) is 7.39. The van der Waals surface area contributed by atoms with E-state index in [1.807, 2.05) is 38.1 Å². The molecule has 0 saturated heterocycles. The Morgan fingerprint density at radius 2 is 1.72 bits per heavy atom. The van der Waals surface area contributed by atoms with Crippen LogP contribution in [0.1, 0.15) is 37.3 Å². The van der Waals surface area contributed by atoms with Crippen molar-refractivity contribution in [1.82, 2.24) is 10.2 Å². The predicted molar refractivity (Wildman–Crippen MR) is 104 cm³/mol. The number of aryl methyl sites for hydroxylation is 1. The summed E-state index contributed by atoms with van der Waals surface area (Å²) in [5, 5.41) is 14.9. The third-order valence-electron chi connectivity index (χ3n) is 3.29. The fraction of sp³-hybridized carbons (Fsp3) is 0.412. The molecule has 2 aromatic rings. The van der Waals surface area contributed by atoms with Gasteiger partial charge in [0.05, 0.1) is 11.5 Å². The van der Waals surface area contributed by atoms with E-state index in [4.69, 9.17) is 0 Å². The largest absolute Gasteiger partial charge is 0.325 e. The minimum absolute atomic E-state index is 0.125. The first-order valence-electron chi connectivity index (χ1n) is 8.07. The molecule has 0 saturated carbocycles. The van der Waals surface area contributed by atoms with Gasteiger partial charge < -0.3 is 5.32 Å². The van der Waals surface area contributed by atoms with Crippen LogP contribution in [0.5, 0.6) is 0 Å². The Labute approximate surface area is 155 Å². The normalized spacial score (nSPS) is 10.7. The molecule has 8 heteroatoms. The van der Waals surface area contributed by atoms with Crippen molar-refractivity contribution < 1.29 is 9.59 Å². The fourth-order valence-corrected chi connectivity index (χ4v) is 3.31. The summed E-state index contributed by atoms with van der Waals surface area (Å²) in [6.45, 7) is 6.13. The molecule has 1 heterocycles. The molecule has 0 aliphatic carbocycles. The molecule has 0 aliphatic rings. The summed E-state index contributed by atoms with van der Waals surface area (Å²) in [5.74, 6) is 0.388. The van der Waals surface area contributed by atoms with E-state index in [-0.39, 0.29) is 29.2 Å². The van der Waals surface area contributed by atoms with Gasteiger partial charge in [0.15, 0.2) is 0 Å². The molecule has 0 atom stereocenters. The van der Waals surface area contributed by atoms with E-state index in [1.54, 1.807) is 0 Å². The Bertz CT molecular complexity index is 714. The van der Waals surface area contributed by atoms with E-state index in [9.17, 15) is 9.59 Å². The van der Waals surface area contributed by atoms with Crippen LogP contribution in [0.25, 0.3) is 0 Å². The first kappa shape index (κ1) is 19.4. The third kappa shape index (κ3) is 6.47. The maximum absolute atomic E-state index is 11.9. The molecule has 1 aromatic heterocycles. The summed E-state index contributed by atoms with van der Waals surface area (Å²) in [5.41, 5.74) is 1.99. The molecule has 134 valence electrons. The average molecular weight is 379 g/mol. The number of carbonyl (C=O) groups excluding carboxylic acids is 2. The van der Waals surface area contributed by atoms with Crippen LogP contribution >= 0.6 is 23.1 Å². The minimum Gasteiger partial charge on any atom is -0.325 e. The average Bonchev–Trinajstić information content (AvgIpc) is 3.04. The standard InChI is InChI=1S/C17H22N4O2S2/c1-4-12-5-7-13(8-6-12)18-14(22)9-24-10-15(23)19-17-21-20-16(25-17)11(2)3/h5-8,11H,4,9-10H2,1-3H3,(H,18,22)(H,19,21,23). The van der Waals surface area contributed by atoms with Crippen molar-refractivity contribution in [2.24, 2.45) is 0 Å². The van der Waals surface area contributed by atoms with Crippen LogP contribution in [0.4, 0.5) is 10.8 Å². The molecule has 6 nitrogen and oxygen atoms in total. The summed E-state index contributed by atoms with van der Waals surface area (Å²) in [7, 11) is 0. The highest BCUT2D eigenvalue weighted by molar-refractivity contribution is 8.00. The smallest absolute Gasteiger partial charge is 0.236 e. The van der Waals surface area contributed by atoms with E-state index in [0.717, 1.165) is 17.1 Å². The molecule has 0 bridgehead atoms. The topological polar surface area (TPSA) is 84.0 Å². The van der Waals surface area contributed by atoms with Gasteiger partial charge in [-0.05, 0) is 24.1 Å². The van der Waals surface area contributed by atoms with Crippen molar-refractivity contribution >= 4 is 45.7 Å². The number of anilines is 2. The lowest BCUT2D eigenvalue weighted by atomic mass is 10.1. The van der Waals surface area contributed by atoms with Crippen molar-refractivity contribution in [3.05, 3.63) is 34.8 Å². The highest BCUT2D eigenvalue weighted by Crippen LogP contribution is 2.22. The summed E-state index contributed by atoms with van der Waals surface area (Å²) in [6.07, 6.45) is 0.965. The molecule has 0 radical (unpaired) electrons. The van der Waals surface area contributed by atoms with Gasteiger partial charge in [0.1, 0.15) is 5.01 Å². The zero-order valence-corrected chi connectivity index (χ0v) is 16.2. The van der Waals surface area contributed by atoms with E-state index in [1.165, 1.54) is 28.7 Å². The van der Waals surface area contributed by atoms with Crippen molar-refractivity contribution in [2.45, 2.75) is 33.1 Å². The monoisotopic (exact) mass is 378 g/mol. The van der Waals surface area contributed by atoms with Crippen LogP contribution in [0, 0.1) is 0 Å². The van der Waals surface area contributed by atoms with Gasteiger partial charge in [-0.15, -0.1) is 22.0 Å². The molecular formula is C17H22N4O2S2. The lowest BCUT2D eigenvalue weighted by Crippen LogP contribution is -2.18. The molecule has 25 heavy (non-hydrogen) atoms. The van der Waals surface area contributed by atoms with Crippen molar-refractivity contribution in [1.29, 1.82) is 0 Å². The number of rotatable bonds is 8. The summed E-state index contributed by atoms with van der Waals surface area (Å²) < 4.78 is 0. The van der Waals surface area contributed by atoms with E-state index < -0.39 is 0 Å². The van der Waals surface area contributed by atoms with Crippen molar-refractivity contribution in [3.8, 4) is 0 Å². The molecule has 2 amide bonds. The Hall–Kier alpha value is -1.93. The zero-order chi connectivity index (χ0) is 18.2. The molecule has 2 rings (SSSR count). The summed E-state index contributed by atoms with van der Waals surface area (Å²) in [6, 6.07) is 7.75. The van der Waals surface area contributed by atoms with Gasteiger partial charge in [0, 0.05) is 11.6 Å².